The number of amides is 2. The number of carbonyl (C=O) groups is 2. The number of nitrogens with one attached hydrogen (secondary N) is 1. The minimum Gasteiger partial charge on any atom is -0.449 e. The Kier molecular flexibility index (Phi) is 5.09. The monoisotopic (exact) mass is 439 g/mol. The molecule has 0 spiro atoms. The van der Waals surface area contributed by atoms with Gasteiger partial charge < -0.3 is 14.6 Å². The fourth-order valence-corrected chi connectivity index (χ4v) is 3.97. The Labute approximate surface area is 186 Å². The van der Waals surface area contributed by atoms with Gasteiger partial charge in [-0.2, -0.15) is 0 Å². The average Bonchev–Trinajstić information content (AvgIpc) is 3.12. The van der Waals surface area contributed by atoms with Crippen molar-refractivity contribution < 1.29 is 14.0 Å². The largest absolute Gasteiger partial charge is 0.449 e. The second kappa shape index (κ2) is 7.38. The van der Waals surface area contributed by atoms with Crippen molar-refractivity contribution in [3.05, 3.63) is 52.7 Å². The summed E-state index contributed by atoms with van der Waals surface area (Å²) in [7, 11) is 0. The van der Waals surface area contributed by atoms with Crippen LogP contribution in [0.1, 0.15) is 50.7 Å². The summed E-state index contributed by atoms with van der Waals surface area (Å²) < 4.78 is 6.07. The maximum atomic E-state index is 13.3. The first kappa shape index (κ1) is 21.4. The van der Waals surface area contributed by atoms with Gasteiger partial charge in [-0.25, -0.2) is 4.98 Å². The highest BCUT2D eigenvalue weighted by Crippen LogP contribution is 2.35. The standard InChI is InChI=1S/C24H26ClN3O3/c1-23(2,3)16-12-17(14-6-8-15(25)9-7-14)27-18-13-19(31-20(16)18)21(29)28-11-10-26-22(30)24(28,4)5/h6-9,12-13H,10-11H2,1-5H3,(H,26,30). The minimum absolute atomic E-state index is 0.179. The highest BCUT2D eigenvalue weighted by molar-refractivity contribution is 6.30. The van der Waals surface area contributed by atoms with Crippen LogP contribution < -0.4 is 5.32 Å². The summed E-state index contributed by atoms with van der Waals surface area (Å²) in [6, 6.07) is 11.2. The molecular formula is C24H26ClN3O3. The molecule has 162 valence electrons. The molecule has 0 bridgehead atoms. The Morgan fingerprint density at radius 3 is 2.52 bits per heavy atom. The number of furan rings is 1. The van der Waals surface area contributed by atoms with Crippen molar-refractivity contribution in [1.29, 1.82) is 0 Å². The molecule has 0 aliphatic carbocycles. The van der Waals surface area contributed by atoms with Crippen molar-refractivity contribution in [2.75, 3.05) is 13.1 Å². The van der Waals surface area contributed by atoms with Crippen molar-refractivity contribution in [1.82, 2.24) is 15.2 Å². The second-order valence-corrected chi connectivity index (χ2v) is 9.85. The smallest absolute Gasteiger partial charge is 0.290 e. The second-order valence-electron chi connectivity index (χ2n) is 9.41. The molecule has 0 atom stereocenters. The Hall–Kier alpha value is -2.86. The van der Waals surface area contributed by atoms with E-state index in [4.69, 9.17) is 21.0 Å². The SMILES string of the molecule is CC(C)(C)c1cc(-c2ccc(Cl)cc2)nc2cc(C(=O)N3CCNC(=O)C3(C)C)oc12. The molecule has 6 nitrogen and oxygen atoms in total. The minimum atomic E-state index is -0.955. The molecule has 2 amide bonds. The molecule has 1 aliphatic rings. The number of hydrogen-bond acceptors (Lipinski definition) is 4. The van der Waals surface area contributed by atoms with E-state index in [-0.39, 0.29) is 23.0 Å². The third-order valence-corrected chi connectivity index (χ3v) is 5.99. The maximum Gasteiger partial charge on any atom is 0.290 e. The predicted molar refractivity (Wildman–Crippen MR) is 121 cm³/mol. The zero-order valence-electron chi connectivity index (χ0n) is 18.4. The first-order valence-electron chi connectivity index (χ1n) is 10.3. The van der Waals surface area contributed by atoms with E-state index in [2.05, 4.69) is 26.1 Å². The summed E-state index contributed by atoms with van der Waals surface area (Å²) >= 11 is 6.04. The van der Waals surface area contributed by atoms with Gasteiger partial charge in [0.1, 0.15) is 11.1 Å². The Morgan fingerprint density at radius 1 is 1.19 bits per heavy atom. The summed E-state index contributed by atoms with van der Waals surface area (Å²) in [6.07, 6.45) is 0. The summed E-state index contributed by atoms with van der Waals surface area (Å²) in [5.74, 6) is -0.309. The van der Waals surface area contributed by atoms with Crippen LogP contribution in [-0.2, 0) is 10.2 Å². The van der Waals surface area contributed by atoms with E-state index >= 15 is 0 Å². The molecule has 4 rings (SSSR count). The number of hydrogen-bond donors (Lipinski definition) is 1. The number of aromatic nitrogens is 1. The van der Waals surface area contributed by atoms with E-state index in [0.717, 1.165) is 16.8 Å². The predicted octanol–water partition coefficient (Wildman–Crippen LogP) is 4.80. The van der Waals surface area contributed by atoms with Crippen LogP contribution in [0.4, 0.5) is 0 Å². The van der Waals surface area contributed by atoms with E-state index in [1.54, 1.807) is 24.8 Å². The lowest BCUT2D eigenvalue weighted by molar-refractivity contribution is -0.133. The molecular weight excluding hydrogens is 414 g/mol. The number of benzene rings is 1. The molecule has 7 heteroatoms. The number of nitrogens with zero attached hydrogens (tertiary/aromatic N) is 2. The molecule has 1 fully saturated rings. The van der Waals surface area contributed by atoms with Crippen molar-refractivity contribution in [2.24, 2.45) is 0 Å². The van der Waals surface area contributed by atoms with Crippen molar-refractivity contribution in [3.8, 4) is 11.3 Å². The Balaban J connectivity index is 1.83. The zero-order chi connectivity index (χ0) is 22.6. The number of carbonyl (C=O) groups excluding carboxylic acids is 2. The van der Waals surface area contributed by atoms with Crippen molar-refractivity contribution in [3.63, 3.8) is 0 Å². The number of pyridine rings is 1. The van der Waals surface area contributed by atoms with Gasteiger partial charge in [0.2, 0.25) is 5.91 Å². The van der Waals surface area contributed by atoms with Gasteiger partial charge in [-0.15, -0.1) is 0 Å². The summed E-state index contributed by atoms with van der Waals surface area (Å²) in [5.41, 5.74) is 2.68. The van der Waals surface area contributed by atoms with E-state index < -0.39 is 5.54 Å². The molecule has 0 saturated carbocycles. The summed E-state index contributed by atoms with van der Waals surface area (Å²) in [5, 5.41) is 3.47. The molecule has 1 aromatic carbocycles. The van der Waals surface area contributed by atoms with E-state index in [0.29, 0.717) is 29.2 Å². The molecule has 0 radical (unpaired) electrons. The van der Waals surface area contributed by atoms with E-state index in [1.807, 2.05) is 30.3 Å². The van der Waals surface area contributed by atoms with Crippen LogP contribution in [0.25, 0.3) is 22.4 Å². The lowest BCUT2D eigenvalue weighted by atomic mass is 9.86. The zero-order valence-corrected chi connectivity index (χ0v) is 19.1. The third kappa shape index (κ3) is 3.81. The van der Waals surface area contributed by atoms with Crippen LogP contribution in [0, 0.1) is 0 Å². The van der Waals surface area contributed by atoms with Crippen LogP contribution in [0.5, 0.6) is 0 Å². The van der Waals surface area contributed by atoms with Crippen LogP contribution in [0.2, 0.25) is 5.02 Å². The Bertz CT molecular complexity index is 1170. The van der Waals surface area contributed by atoms with Crippen LogP contribution in [-0.4, -0.2) is 40.3 Å². The number of halogens is 1. The number of rotatable bonds is 2. The van der Waals surface area contributed by atoms with E-state index in [1.165, 1.54) is 0 Å². The molecule has 0 unspecified atom stereocenters. The molecule has 1 saturated heterocycles. The molecule has 2 aromatic heterocycles. The maximum absolute atomic E-state index is 13.3. The van der Waals surface area contributed by atoms with Crippen molar-refractivity contribution in [2.45, 2.75) is 45.6 Å². The summed E-state index contributed by atoms with van der Waals surface area (Å²) in [4.78, 5) is 31.9. The van der Waals surface area contributed by atoms with Gasteiger partial charge in [0.05, 0.1) is 5.69 Å². The van der Waals surface area contributed by atoms with Crippen LogP contribution >= 0.6 is 11.6 Å². The average molecular weight is 440 g/mol. The topological polar surface area (TPSA) is 75.4 Å². The van der Waals surface area contributed by atoms with Crippen LogP contribution in [0.15, 0.2) is 40.8 Å². The molecule has 3 heterocycles. The summed E-state index contributed by atoms with van der Waals surface area (Å²) in [6.45, 7) is 10.6. The van der Waals surface area contributed by atoms with Gasteiger partial charge in [0, 0.05) is 35.3 Å². The fourth-order valence-electron chi connectivity index (χ4n) is 3.84. The van der Waals surface area contributed by atoms with Gasteiger partial charge in [0.25, 0.3) is 5.91 Å². The van der Waals surface area contributed by atoms with Gasteiger partial charge in [-0.3, -0.25) is 9.59 Å². The highest BCUT2D eigenvalue weighted by Gasteiger charge is 2.41. The quantitative estimate of drug-likeness (QED) is 0.622. The lowest BCUT2D eigenvalue weighted by Crippen LogP contribution is -2.63. The fraction of sp³-hybridized carbons (Fsp3) is 0.375. The van der Waals surface area contributed by atoms with E-state index in [9.17, 15) is 9.59 Å². The molecule has 3 aromatic rings. The third-order valence-electron chi connectivity index (χ3n) is 5.73. The number of piperazine rings is 1. The van der Waals surface area contributed by atoms with Crippen molar-refractivity contribution >= 4 is 34.5 Å². The first-order valence-corrected chi connectivity index (χ1v) is 10.7. The highest BCUT2D eigenvalue weighted by atomic mass is 35.5. The first-order chi connectivity index (χ1) is 14.5. The van der Waals surface area contributed by atoms with Gasteiger partial charge in [-0.05, 0) is 37.5 Å². The lowest BCUT2D eigenvalue weighted by Gasteiger charge is -2.40. The van der Waals surface area contributed by atoms with Gasteiger partial charge in [-0.1, -0.05) is 44.5 Å². The Morgan fingerprint density at radius 2 is 1.87 bits per heavy atom. The molecule has 1 aliphatic heterocycles. The normalized spacial score (nSPS) is 16.5. The molecule has 1 N–H and O–H groups in total. The van der Waals surface area contributed by atoms with Gasteiger partial charge >= 0.3 is 0 Å². The molecule has 31 heavy (non-hydrogen) atoms. The van der Waals surface area contributed by atoms with Crippen LogP contribution in [0.3, 0.4) is 0 Å². The van der Waals surface area contributed by atoms with Gasteiger partial charge in [0.15, 0.2) is 11.3 Å². The number of fused-ring (bicyclic) bond motifs is 1.